The number of Topliss-reactive ketones (excluding diaryl/α,β-unsaturated/α-hetero) is 1. The second-order valence-corrected chi connectivity index (χ2v) is 7.00. The molecule has 4 rings (SSSR count). The Hall–Kier alpha value is -3.63. The van der Waals surface area contributed by atoms with Crippen molar-refractivity contribution in [3.8, 4) is 11.8 Å². The first-order chi connectivity index (χ1) is 13.5. The lowest BCUT2D eigenvalue weighted by atomic mass is 10.1. The van der Waals surface area contributed by atoms with Gasteiger partial charge in [-0.15, -0.1) is 0 Å². The van der Waals surface area contributed by atoms with E-state index in [9.17, 15) is 14.4 Å². The molecular formula is C21H12N2O4S. The maximum atomic E-state index is 11.7. The molecule has 2 aromatic heterocycles. The molecule has 1 fully saturated rings. The van der Waals surface area contributed by atoms with E-state index in [-0.39, 0.29) is 10.7 Å². The molecular weight excluding hydrogens is 376 g/mol. The fourth-order valence-electron chi connectivity index (χ4n) is 2.62. The van der Waals surface area contributed by atoms with Gasteiger partial charge in [-0.05, 0) is 36.9 Å². The summed E-state index contributed by atoms with van der Waals surface area (Å²) in [6, 6.07) is 8.76. The van der Waals surface area contributed by atoms with Gasteiger partial charge in [0.2, 0.25) is 0 Å². The van der Waals surface area contributed by atoms with Crippen molar-refractivity contribution in [3.05, 3.63) is 70.1 Å². The molecule has 0 atom stereocenters. The Labute approximate surface area is 164 Å². The number of hydrogen-bond acceptors (Lipinski definition) is 6. The zero-order valence-corrected chi connectivity index (χ0v) is 15.4. The van der Waals surface area contributed by atoms with Crippen LogP contribution in [0, 0.1) is 11.8 Å². The number of benzene rings is 1. The Bertz CT molecular complexity index is 1230. The molecule has 0 spiro atoms. The summed E-state index contributed by atoms with van der Waals surface area (Å²) in [6.07, 6.45) is 4.75. The van der Waals surface area contributed by atoms with Gasteiger partial charge in [-0.1, -0.05) is 24.0 Å². The third-order valence-corrected chi connectivity index (χ3v) is 4.80. The molecule has 1 aromatic carbocycles. The first kappa shape index (κ1) is 17.8. The Morgan fingerprint density at radius 1 is 1.18 bits per heavy atom. The van der Waals surface area contributed by atoms with Crippen molar-refractivity contribution in [3.63, 3.8) is 0 Å². The first-order valence-corrected chi connectivity index (χ1v) is 9.07. The highest BCUT2D eigenvalue weighted by atomic mass is 32.2. The number of furan rings is 1. The van der Waals surface area contributed by atoms with E-state index < -0.39 is 11.1 Å². The van der Waals surface area contributed by atoms with Crippen LogP contribution in [0.1, 0.15) is 34.2 Å². The van der Waals surface area contributed by atoms with Gasteiger partial charge in [0.25, 0.3) is 11.1 Å². The Balaban J connectivity index is 1.67. The number of rotatable bonds is 2. The molecule has 3 heterocycles. The summed E-state index contributed by atoms with van der Waals surface area (Å²) in [5.41, 5.74) is 2.53. The zero-order valence-electron chi connectivity index (χ0n) is 14.6. The Kier molecular flexibility index (Phi) is 4.55. The standard InChI is InChI=1S/C21H12N2O4S/c1-12(24)14-5-2-13(3-6-14)4-7-15-10-22-11-16-8-17(27-19(15)16)9-18-20(25)23-21(26)28-18/h2-3,5-6,8-11H,1H3,(H,23,25,26). The average molecular weight is 388 g/mol. The molecule has 6 nitrogen and oxygen atoms in total. The van der Waals surface area contributed by atoms with Gasteiger partial charge in [-0.2, -0.15) is 0 Å². The number of carbonyl (C=O) groups is 3. The van der Waals surface area contributed by atoms with E-state index in [1.165, 1.54) is 13.0 Å². The van der Waals surface area contributed by atoms with Gasteiger partial charge in [0.15, 0.2) is 11.4 Å². The van der Waals surface area contributed by atoms with Crippen molar-refractivity contribution in [1.29, 1.82) is 0 Å². The van der Waals surface area contributed by atoms with Crippen LogP contribution < -0.4 is 5.32 Å². The third kappa shape index (κ3) is 3.59. The van der Waals surface area contributed by atoms with Crippen LogP contribution >= 0.6 is 11.8 Å². The van der Waals surface area contributed by atoms with E-state index in [0.29, 0.717) is 22.5 Å². The molecule has 136 valence electrons. The van der Waals surface area contributed by atoms with E-state index in [1.54, 1.807) is 42.7 Å². The molecule has 0 bridgehead atoms. The van der Waals surface area contributed by atoms with Gasteiger partial charge in [0.1, 0.15) is 5.76 Å². The van der Waals surface area contributed by atoms with Crippen LogP contribution in [-0.2, 0) is 4.79 Å². The highest BCUT2D eigenvalue weighted by Crippen LogP contribution is 2.28. The summed E-state index contributed by atoms with van der Waals surface area (Å²) >= 11 is 0.827. The first-order valence-electron chi connectivity index (χ1n) is 8.25. The summed E-state index contributed by atoms with van der Waals surface area (Å²) < 4.78 is 5.82. The highest BCUT2D eigenvalue weighted by Gasteiger charge is 2.25. The number of hydrogen-bond donors (Lipinski definition) is 1. The summed E-state index contributed by atoms with van der Waals surface area (Å²) in [7, 11) is 0. The third-order valence-electron chi connectivity index (χ3n) is 3.99. The van der Waals surface area contributed by atoms with Crippen molar-refractivity contribution in [2.24, 2.45) is 0 Å². The van der Waals surface area contributed by atoms with E-state index in [1.807, 2.05) is 0 Å². The zero-order chi connectivity index (χ0) is 19.7. The summed E-state index contributed by atoms with van der Waals surface area (Å²) in [4.78, 5) is 38.7. The summed E-state index contributed by atoms with van der Waals surface area (Å²) in [5.74, 6) is 6.04. The van der Waals surface area contributed by atoms with Crippen LogP contribution in [0.3, 0.4) is 0 Å². The van der Waals surface area contributed by atoms with Crippen LogP contribution in [0.15, 0.2) is 52.0 Å². The highest BCUT2D eigenvalue weighted by molar-refractivity contribution is 8.18. The second-order valence-electron chi connectivity index (χ2n) is 5.99. The summed E-state index contributed by atoms with van der Waals surface area (Å²) in [6.45, 7) is 1.51. The maximum absolute atomic E-state index is 11.7. The van der Waals surface area contributed by atoms with Crippen LogP contribution in [0.25, 0.3) is 17.0 Å². The number of amides is 2. The smallest absolute Gasteiger partial charge is 0.290 e. The Morgan fingerprint density at radius 3 is 2.64 bits per heavy atom. The molecule has 1 saturated heterocycles. The van der Waals surface area contributed by atoms with Gasteiger partial charge in [0.05, 0.1) is 10.5 Å². The molecule has 0 saturated carbocycles. The van der Waals surface area contributed by atoms with Crippen LogP contribution in [0.5, 0.6) is 0 Å². The predicted molar refractivity (Wildman–Crippen MR) is 106 cm³/mol. The molecule has 1 N–H and O–H groups in total. The van der Waals surface area contributed by atoms with Gasteiger partial charge < -0.3 is 4.42 Å². The van der Waals surface area contributed by atoms with Crippen LogP contribution in [-0.4, -0.2) is 21.9 Å². The second kappa shape index (κ2) is 7.18. The maximum Gasteiger partial charge on any atom is 0.290 e. The molecule has 0 aliphatic carbocycles. The number of imide groups is 1. The van der Waals surface area contributed by atoms with Crippen molar-refractivity contribution in [2.45, 2.75) is 6.92 Å². The normalized spacial score (nSPS) is 14.8. The molecule has 1 aliphatic rings. The molecule has 28 heavy (non-hydrogen) atoms. The topological polar surface area (TPSA) is 89.3 Å². The quantitative estimate of drug-likeness (QED) is 0.409. The van der Waals surface area contributed by atoms with Crippen molar-refractivity contribution in [1.82, 2.24) is 10.3 Å². The fourth-order valence-corrected chi connectivity index (χ4v) is 3.28. The average Bonchev–Trinajstić information content (AvgIpc) is 3.22. The number of ketones is 1. The lowest BCUT2D eigenvalue weighted by Gasteiger charge is -1.95. The largest absolute Gasteiger partial charge is 0.455 e. The minimum atomic E-state index is -0.442. The lowest BCUT2D eigenvalue weighted by Crippen LogP contribution is -2.17. The van der Waals surface area contributed by atoms with Gasteiger partial charge in [-0.25, -0.2) is 0 Å². The van der Waals surface area contributed by atoms with Gasteiger partial charge in [-0.3, -0.25) is 24.7 Å². The minimum absolute atomic E-state index is 0.00141. The number of nitrogens with zero attached hydrogens (tertiary/aromatic N) is 1. The SMILES string of the molecule is CC(=O)c1ccc(C#Cc2cncc3cc(C=C4SC(=O)NC4=O)oc23)cc1. The predicted octanol–water partition coefficient (Wildman–Crippen LogP) is 3.75. The van der Waals surface area contributed by atoms with E-state index >= 15 is 0 Å². The van der Waals surface area contributed by atoms with Gasteiger partial charge in [0, 0.05) is 35.0 Å². The van der Waals surface area contributed by atoms with Crippen molar-refractivity contribution in [2.75, 3.05) is 0 Å². The van der Waals surface area contributed by atoms with Crippen molar-refractivity contribution < 1.29 is 18.8 Å². The number of fused-ring (bicyclic) bond motifs is 1. The molecule has 0 unspecified atom stereocenters. The Morgan fingerprint density at radius 2 is 1.96 bits per heavy atom. The molecule has 3 aromatic rings. The fraction of sp³-hybridized carbons (Fsp3) is 0.0476. The molecule has 1 aliphatic heterocycles. The minimum Gasteiger partial charge on any atom is -0.455 e. The van der Waals surface area contributed by atoms with E-state index in [2.05, 4.69) is 22.1 Å². The lowest BCUT2D eigenvalue weighted by molar-refractivity contribution is -0.115. The van der Waals surface area contributed by atoms with Crippen molar-refractivity contribution >= 4 is 45.7 Å². The molecule has 0 radical (unpaired) electrons. The number of nitrogens with one attached hydrogen (secondary N) is 1. The van der Waals surface area contributed by atoms with E-state index in [0.717, 1.165) is 22.7 Å². The molecule has 2 amide bonds. The van der Waals surface area contributed by atoms with E-state index in [4.69, 9.17) is 4.42 Å². The number of pyridine rings is 1. The summed E-state index contributed by atoms with van der Waals surface area (Å²) in [5, 5.41) is 2.53. The monoisotopic (exact) mass is 388 g/mol. The molecule has 7 heteroatoms. The number of thioether (sulfide) groups is 1. The van der Waals surface area contributed by atoms with Crippen LogP contribution in [0.2, 0.25) is 0 Å². The van der Waals surface area contributed by atoms with Gasteiger partial charge >= 0.3 is 0 Å². The number of aromatic nitrogens is 1. The van der Waals surface area contributed by atoms with Crippen LogP contribution in [0.4, 0.5) is 4.79 Å². The number of carbonyl (C=O) groups excluding carboxylic acids is 3.